The predicted octanol–water partition coefficient (Wildman–Crippen LogP) is 3.56. The fourth-order valence-electron chi connectivity index (χ4n) is 3.62. The van der Waals surface area contributed by atoms with Crippen LogP contribution in [0, 0.1) is 12.8 Å². The number of ketones is 1. The highest BCUT2D eigenvalue weighted by molar-refractivity contribution is 5.84. The summed E-state index contributed by atoms with van der Waals surface area (Å²) in [7, 11) is 1.65. The number of fused-ring (bicyclic) bond motifs is 3. The van der Waals surface area contributed by atoms with Gasteiger partial charge < -0.3 is 14.8 Å². The Morgan fingerprint density at radius 1 is 1.20 bits per heavy atom. The Hall–Kier alpha value is -2.74. The molecule has 1 saturated carbocycles. The Labute approximate surface area is 176 Å². The molecule has 0 unspecified atom stereocenters. The number of carbonyl (C=O) groups is 1. The zero-order chi connectivity index (χ0) is 20.9. The first-order valence-corrected chi connectivity index (χ1v) is 10.7. The maximum Gasteiger partial charge on any atom is 0.204 e. The van der Waals surface area contributed by atoms with Crippen LogP contribution in [0.5, 0.6) is 5.75 Å². The third-order valence-corrected chi connectivity index (χ3v) is 5.44. The van der Waals surface area contributed by atoms with E-state index in [9.17, 15) is 4.79 Å². The Kier molecular flexibility index (Phi) is 6.42. The highest BCUT2D eigenvalue weighted by atomic mass is 16.5. The topological polar surface area (TPSA) is 90.6 Å². The van der Waals surface area contributed by atoms with Crippen LogP contribution in [0.25, 0.3) is 16.7 Å². The number of anilines is 1. The van der Waals surface area contributed by atoms with Gasteiger partial charge in [0.1, 0.15) is 24.0 Å². The summed E-state index contributed by atoms with van der Waals surface area (Å²) in [5.74, 6) is 3.10. The molecule has 160 valence electrons. The quantitative estimate of drug-likeness (QED) is 0.456. The molecule has 1 N–H and O–H groups in total. The van der Waals surface area contributed by atoms with Gasteiger partial charge in [0.15, 0.2) is 5.82 Å². The van der Waals surface area contributed by atoms with Crippen LogP contribution >= 0.6 is 0 Å². The second-order valence-corrected chi connectivity index (χ2v) is 7.84. The van der Waals surface area contributed by atoms with E-state index in [1.165, 1.54) is 0 Å². The molecule has 4 rings (SSSR count). The zero-order valence-electron chi connectivity index (χ0n) is 17.7. The van der Waals surface area contributed by atoms with Crippen LogP contribution in [0.1, 0.15) is 44.3 Å². The summed E-state index contributed by atoms with van der Waals surface area (Å²) in [6.45, 7) is 3.74. The zero-order valence-corrected chi connectivity index (χ0v) is 17.7. The third-order valence-electron chi connectivity index (χ3n) is 5.44. The van der Waals surface area contributed by atoms with Gasteiger partial charge in [-0.3, -0.25) is 9.20 Å². The number of methoxy groups -OCH3 is 1. The normalized spacial score (nSPS) is 13.8. The minimum atomic E-state index is 0.373. The van der Waals surface area contributed by atoms with E-state index < -0.39 is 0 Å². The summed E-state index contributed by atoms with van der Waals surface area (Å²) in [6.07, 6.45) is 5.89. The van der Waals surface area contributed by atoms with E-state index in [1.807, 2.05) is 29.5 Å². The molecule has 3 aromatic rings. The van der Waals surface area contributed by atoms with Crippen molar-refractivity contribution in [3.05, 3.63) is 24.0 Å². The van der Waals surface area contributed by atoms with Crippen LogP contribution in [0.3, 0.4) is 0 Å². The SMILES string of the molecule is COCCOc1ccc2c(c1)nc(NCCCCCC(=O)C1CC1)c1nnc(C)n12. The van der Waals surface area contributed by atoms with Crippen molar-refractivity contribution in [3.63, 3.8) is 0 Å². The molecule has 1 aromatic carbocycles. The average molecular weight is 412 g/mol. The van der Waals surface area contributed by atoms with Crippen LogP contribution in [-0.2, 0) is 9.53 Å². The third kappa shape index (κ3) is 4.70. The lowest BCUT2D eigenvalue weighted by Crippen LogP contribution is -2.08. The van der Waals surface area contributed by atoms with Crippen molar-refractivity contribution in [2.45, 2.75) is 45.4 Å². The van der Waals surface area contributed by atoms with Crippen molar-refractivity contribution in [1.82, 2.24) is 19.6 Å². The molecule has 1 aliphatic rings. The molecule has 0 spiro atoms. The van der Waals surface area contributed by atoms with Gasteiger partial charge in [0, 0.05) is 32.1 Å². The fourth-order valence-corrected chi connectivity index (χ4v) is 3.62. The summed E-state index contributed by atoms with van der Waals surface area (Å²) in [4.78, 5) is 16.6. The van der Waals surface area contributed by atoms with Crippen LogP contribution in [-0.4, -0.2) is 52.2 Å². The van der Waals surface area contributed by atoms with E-state index in [0.717, 1.165) is 73.3 Å². The van der Waals surface area contributed by atoms with Gasteiger partial charge >= 0.3 is 0 Å². The number of unbranched alkanes of at least 4 members (excludes halogenated alkanes) is 2. The van der Waals surface area contributed by atoms with Crippen LogP contribution in [0.2, 0.25) is 0 Å². The van der Waals surface area contributed by atoms with Gasteiger partial charge in [0.2, 0.25) is 5.65 Å². The van der Waals surface area contributed by atoms with E-state index in [1.54, 1.807) is 7.11 Å². The van der Waals surface area contributed by atoms with Crippen molar-refractivity contribution in [2.24, 2.45) is 5.92 Å². The summed E-state index contributed by atoms with van der Waals surface area (Å²) in [5, 5.41) is 12.0. The van der Waals surface area contributed by atoms with Gasteiger partial charge in [-0.05, 0) is 44.7 Å². The number of hydrogen-bond donors (Lipinski definition) is 1. The van der Waals surface area contributed by atoms with Gasteiger partial charge in [-0.15, -0.1) is 10.2 Å². The molecule has 0 bridgehead atoms. The highest BCUT2D eigenvalue weighted by Crippen LogP contribution is 2.31. The molecule has 8 heteroatoms. The van der Waals surface area contributed by atoms with E-state index in [0.29, 0.717) is 30.7 Å². The summed E-state index contributed by atoms with van der Waals surface area (Å²) in [6, 6.07) is 5.83. The fraction of sp³-hybridized carbons (Fsp3) is 0.545. The van der Waals surface area contributed by atoms with Crippen molar-refractivity contribution in [1.29, 1.82) is 0 Å². The van der Waals surface area contributed by atoms with Gasteiger partial charge in [-0.25, -0.2) is 4.98 Å². The molecule has 0 saturated heterocycles. The number of nitrogens with zero attached hydrogens (tertiary/aromatic N) is 4. The van der Waals surface area contributed by atoms with Crippen molar-refractivity contribution in [2.75, 3.05) is 32.2 Å². The maximum absolute atomic E-state index is 11.8. The van der Waals surface area contributed by atoms with Gasteiger partial charge in [0.25, 0.3) is 0 Å². The second-order valence-electron chi connectivity index (χ2n) is 7.84. The first-order valence-electron chi connectivity index (χ1n) is 10.7. The smallest absolute Gasteiger partial charge is 0.204 e. The molecular formula is C22H29N5O3. The molecule has 1 aliphatic carbocycles. The van der Waals surface area contributed by atoms with Gasteiger partial charge in [0.05, 0.1) is 17.6 Å². The van der Waals surface area contributed by atoms with Crippen LogP contribution < -0.4 is 10.1 Å². The predicted molar refractivity (Wildman–Crippen MR) is 115 cm³/mol. The number of aromatic nitrogens is 4. The lowest BCUT2D eigenvalue weighted by molar-refractivity contribution is -0.120. The molecule has 2 aromatic heterocycles. The molecule has 0 radical (unpaired) electrons. The Balaban J connectivity index is 1.43. The minimum Gasteiger partial charge on any atom is -0.491 e. The number of rotatable bonds is 12. The number of nitrogens with one attached hydrogen (secondary N) is 1. The Bertz CT molecular complexity index is 1030. The Morgan fingerprint density at radius 2 is 2.07 bits per heavy atom. The summed E-state index contributed by atoms with van der Waals surface area (Å²) < 4.78 is 12.8. The van der Waals surface area contributed by atoms with Crippen molar-refractivity contribution < 1.29 is 14.3 Å². The summed E-state index contributed by atoms with van der Waals surface area (Å²) in [5.41, 5.74) is 2.48. The minimum absolute atomic E-state index is 0.373. The maximum atomic E-state index is 11.8. The van der Waals surface area contributed by atoms with Gasteiger partial charge in [-0.2, -0.15) is 0 Å². The first-order chi connectivity index (χ1) is 14.7. The molecule has 8 nitrogen and oxygen atoms in total. The molecule has 30 heavy (non-hydrogen) atoms. The summed E-state index contributed by atoms with van der Waals surface area (Å²) >= 11 is 0. The first kappa shape index (κ1) is 20.5. The van der Waals surface area contributed by atoms with Crippen LogP contribution in [0.15, 0.2) is 18.2 Å². The molecule has 0 aliphatic heterocycles. The van der Waals surface area contributed by atoms with E-state index in [-0.39, 0.29) is 0 Å². The van der Waals surface area contributed by atoms with E-state index in [2.05, 4.69) is 15.5 Å². The van der Waals surface area contributed by atoms with E-state index >= 15 is 0 Å². The number of carbonyl (C=O) groups excluding carboxylic acids is 1. The number of benzene rings is 1. The second kappa shape index (κ2) is 9.38. The molecular weight excluding hydrogens is 382 g/mol. The monoisotopic (exact) mass is 411 g/mol. The van der Waals surface area contributed by atoms with Crippen LogP contribution in [0.4, 0.5) is 5.82 Å². The van der Waals surface area contributed by atoms with Crippen molar-refractivity contribution >= 4 is 28.3 Å². The number of hydrogen-bond acceptors (Lipinski definition) is 7. The Morgan fingerprint density at radius 3 is 2.87 bits per heavy atom. The molecule has 2 heterocycles. The lowest BCUT2D eigenvalue weighted by atomic mass is 10.1. The average Bonchev–Trinajstić information content (AvgIpc) is 3.53. The molecule has 1 fully saturated rings. The molecule has 0 atom stereocenters. The van der Waals surface area contributed by atoms with E-state index in [4.69, 9.17) is 14.5 Å². The largest absolute Gasteiger partial charge is 0.491 e. The van der Waals surface area contributed by atoms with Crippen molar-refractivity contribution in [3.8, 4) is 5.75 Å². The molecule has 0 amide bonds. The van der Waals surface area contributed by atoms with Gasteiger partial charge in [-0.1, -0.05) is 6.42 Å². The number of ether oxygens (including phenoxy) is 2. The number of aryl methyl sites for hydroxylation is 1. The lowest BCUT2D eigenvalue weighted by Gasteiger charge is -2.11. The highest BCUT2D eigenvalue weighted by Gasteiger charge is 2.28. The number of Topliss-reactive ketones (excluding diaryl/α,β-unsaturated/α-hetero) is 1. The standard InChI is InChI=1S/C22H29N5O3/c1-15-25-26-22-21(23-11-5-3-4-6-20(28)16-7-8-16)24-18-14-17(30-13-12-29-2)9-10-19(18)27(15)22/h9-10,14,16H,3-8,11-13H2,1-2H3,(H,23,24).